The molecule has 1 aliphatic heterocycles. The van der Waals surface area contributed by atoms with Gasteiger partial charge in [0.1, 0.15) is 5.69 Å². The Labute approximate surface area is 113 Å². The maximum Gasteiger partial charge on any atom is 0.269 e. The van der Waals surface area contributed by atoms with Crippen molar-refractivity contribution in [1.29, 1.82) is 0 Å². The highest BCUT2D eigenvalue weighted by Crippen LogP contribution is 2.06. The molecule has 2 N–H and O–H groups in total. The van der Waals surface area contributed by atoms with Gasteiger partial charge in [-0.05, 0) is 45.0 Å². The fourth-order valence-electron chi connectivity index (χ4n) is 2.11. The smallest absolute Gasteiger partial charge is 0.269 e. The molecular formula is C14H21N3O2. The summed E-state index contributed by atoms with van der Waals surface area (Å²) < 4.78 is 5.72. The maximum atomic E-state index is 11.8. The lowest BCUT2D eigenvalue weighted by Crippen LogP contribution is -2.35. The molecule has 0 aliphatic carbocycles. The first kappa shape index (κ1) is 14.0. The van der Waals surface area contributed by atoms with Crippen LogP contribution in [0.2, 0.25) is 0 Å². The minimum atomic E-state index is -0.141. The van der Waals surface area contributed by atoms with Crippen molar-refractivity contribution < 1.29 is 9.53 Å². The minimum absolute atomic E-state index is 0.141. The lowest BCUT2D eigenvalue weighted by atomic mass is 10.1. The van der Waals surface area contributed by atoms with E-state index in [1.165, 1.54) is 0 Å². The van der Waals surface area contributed by atoms with Crippen molar-refractivity contribution in [3.05, 3.63) is 29.6 Å². The summed E-state index contributed by atoms with van der Waals surface area (Å²) in [7, 11) is 0. The van der Waals surface area contributed by atoms with Gasteiger partial charge in [0, 0.05) is 12.2 Å². The summed E-state index contributed by atoms with van der Waals surface area (Å²) in [5.74, 6) is -0.141. The number of nitrogens with zero attached hydrogens (tertiary/aromatic N) is 1. The summed E-state index contributed by atoms with van der Waals surface area (Å²) in [5, 5.41) is 6.12. The number of rotatable bonds is 5. The van der Waals surface area contributed by atoms with Crippen molar-refractivity contribution in [1.82, 2.24) is 15.6 Å². The number of amides is 1. The number of pyridine rings is 1. The highest BCUT2D eigenvalue weighted by Gasteiger charge is 2.13. The standard InChI is InChI=1S/C14H21N3O2/c1-11-3-2-4-13(17-11)14(18)16-9-10-19-12-5-7-15-8-6-12/h2-4,12,15H,5-10H2,1H3,(H,16,18). The lowest BCUT2D eigenvalue weighted by Gasteiger charge is -2.22. The molecule has 1 aromatic heterocycles. The molecule has 0 spiro atoms. The Bertz CT molecular complexity index is 417. The number of hydrogen-bond donors (Lipinski definition) is 2. The SMILES string of the molecule is Cc1cccc(C(=O)NCCOC2CCNCC2)n1. The van der Waals surface area contributed by atoms with Crippen LogP contribution in [0.25, 0.3) is 0 Å². The van der Waals surface area contributed by atoms with E-state index in [1.54, 1.807) is 6.07 Å². The van der Waals surface area contributed by atoms with Crippen LogP contribution in [0.3, 0.4) is 0 Å². The summed E-state index contributed by atoms with van der Waals surface area (Å²) in [6, 6.07) is 5.43. The zero-order valence-corrected chi connectivity index (χ0v) is 11.3. The Morgan fingerprint density at radius 3 is 3.00 bits per heavy atom. The van der Waals surface area contributed by atoms with Crippen molar-refractivity contribution in [3.8, 4) is 0 Å². The molecule has 5 nitrogen and oxygen atoms in total. The highest BCUT2D eigenvalue weighted by atomic mass is 16.5. The summed E-state index contributed by atoms with van der Waals surface area (Å²) in [6.45, 7) is 4.99. The monoisotopic (exact) mass is 263 g/mol. The summed E-state index contributed by atoms with van der Waals surface area (Å²) in [5.41, 5.74) is 1.31. The second-order valence-electron chi connectivity index (χ2n) is 4.74. The minimum Gasteiger partial charge on any atom is -0.376 e. The normalized spacial score (nSPS) is 16.3. The molecule has 0 bridgehead atoms. The molecule has 19 heavy (non-hydrogen) atoms. The molecular weight excluding hydrogens is 242 g/mol. The van der Waals surface area contributed by atoms with E-state index in [2.05, 4.69) is 15.6 Å². The Balaban J connectivity index is 1.66. The third kappa shape index (κ3) is 4.61. The van der Waals surface area contributed by atoms with Crippen molar-refractivity contribution in [2.45, 2.75) is 25.9 Å². The van der Waals surface area contributed by atoms with E-state index < -0.39 is 0 Å². The molecule has 0 radical (unpaired) electrons. The molecule has 2 rings (SSSR count). The van der Waals surface area contributed by atoms with E-state index in [-0.39, 0.29) is 5.91 Å². The topological polar surface area (TPSA) is 63.2 Å². The molecule has 0 aromatic carbocycles. The van der Waals surface area contributed by atoms with Crippen molar-refractivity contribution >= 4 is 5.91 Å². The van der Waals surface area contributed by atoms with Gasteiger partial charge in [0.25, 0.3) is 5.91 Å². The quantitative estimate of drug-likeness (QED) is 0.774. The van der Waals surface area contributed by atoms with Crippen LogP contribution < -0.4 is 10.6 Å². The molecule has 1 fully saturated rings. The fourth-order valence-corrected chi connectivity index (χ4v) is 2.11. The molecule has 0 unspecified atom stereocenters. The fraction of sp³-hybridized carbons (Fsp3) is 0.571. The van der Waals surface area contributed by atoms with Crippen LogP contribution in [0.15, 0.2) is 18.2 Å². The van der Waals surface area contributed by atoms with Gasteiger partial charge in [-0.15, -0.1) is 0 Å². The van der Waals surface area contributed by atoms with Crippen LogP contribution in [0, 0.1) is 6.92 Å². The van der Waals surface area contributed by atoms with E-state index in [4.69, 9.17) is 4.74 Å². The maximum absolute atomic E-state index is 11.8. The van der Waals surface area contributed by atoms with Gasteiger partial charge >= 0.3 is 0 Å². The molecule has 0 atom stereocenters. The predicted molar refractivity (Wildman–Crippen MR) is 73.2 cm³/mol. The van der Waals surface area contributed by atoms with Gasteiger partial charge in [-0.2, -0.15) is 0 Å². The van der Waals surface area contributed by atoms with Crippen molar-refractivity contribution in [2.75, 3.05) is 26.2 Å². The van der Waals surface area contributed by atoms with Crippen LogP contribution in [0.4, 0.5) is 0 Å². The van der Waals surface area contributed by atoms with E-state index in [0.717, 1.165) is 31.6 Å². The van der Waals surface area contributed by atoms with Gasteiger partial charge < -0.3 is 15.4 Å². The Kier molecular flexibility index (Phi) is 5.30. The largest absolute Gasteiger partial charge is 0.376 e. The average Bonchev–Trinajstić information content (AvgIpc) is 2.44. The summed E-state index contributed by atoms with van der Waals surface area (Å²) in [6.07, 6.45) is 2.43. The molecule has 1 amide bonds. The second-order valence-corrected chi connectivity index (χ2v) is 4.74. The number of aromatic nitrogens is 1. The Morgan fingerprint density at radius 1 is 1.47 bits per heavy atom. The molecule has 104 valence electrons. The number of carbonyl (C=O) groups excluding carboxylic acids is 1. The lowest BCUT2D eigenvalue weighted by molar-refractivity contribution is 0.0343. The first-order chi connectivity index (χ1) is 9.25. The third-order valence-electron chi connectivity index (χ3n) is 3.15. The van der Waals surface area contributed by atoms with E-state index in [9.17, 15) is 4.79 Å². The number of aryl methyl sites for hydroxylation is 1. The number of hydrogen-bond acceptors (Lipinski definition) is 4. The van der Waals surface area contributed by atoms with Gasteiger partial charge in [0.05, 0.1) is 12.7 Å². The molecule has 1 saturated heterocycles. The highest BCUT2D eigenvalue weighted by molar-refractivity contribution is 5.92. The van der Waals surface area contributed by atoms with Crippen LogP contribution in [0.1, 0.15) is 29.0 Å². The Morgan fingerprint density at radius 2 is 2.26 bits per heavy atom. The van der Waals surface area contributed by atoms with E-state index >= 15 is 0 Å². The van der Waals surface area contributed by atoms with Crippen LogP contribution in [-0.4, -0.2) is 43.2 Å². The number of piperidine rings is 1. The predicted octanol–water partition coefficient (Wildman–Crippen LogP) is 0.888. The Hall–Kier alpha value is -1.46. The average molecular weight is 263 g/mol. The van der Waals surface area contributed by atoms with Crippen molar-refractivity contribution in [3.63, 3.8) is 0 Å². The summed E-state index contributed by atoms with van der Waals surface area (Å²) >= 11 is 0. The van der Waals surface area contributed by atoms with Crippen molar-refractivity contribution in [2.24, 2.45) is 0 Å². The third-order valence-corrected chi connectivity index (χ3v) is 3.15. The van der Waals surface area contributed by atoms with Gasteiger partial charge in [-0.1, -0.05) is 6.07 Å². The number of nitrogens with one attached hydrogen (secondary N) is 2. The molecule has 2 heterocycles. The van der Waals surface area contributed by atoms with Gasteiger partial charge in [-0.3, -0.25) is 4.79 Å². The first-order valence-electron chi connectivity index (χ1n) is 6.80. The van der Waals surface area contributed by atoms with E-state index in [1.807, 2.05) is 19.1 Å². The van der Waals surface area contributed by atoms with Crippen LogP contribution >= 0.6 is 0 Å². The zero-order valence-electron chi connectivity index (χ0n) is 11.3. The first-order valence-corrected chi connectivity index (χ1v) is 6.80. The van der Waals surface area contributed by atoms with E-state index in [0.29, 0.717) is 24.9 Å². The molecule has 1 aliphatic rings. The van der Waals surface area contributed by atoms with Gasteiger partial charge in [0.15, 0.2) is 0 Å². The van der Waals surface area contributed by atoms with Gasteiger partial charge in [0.2, 0.25) is 0 Å². The van der Waals surface area contributed by atoms with Crippen LogP contribution in [0.5, 0.6) is 0 Å². The van der Waals surface area contributed by atoms with Gasteiger partial charge in [-0.25, -0.2) is 4.98 Å². The number of carbonyl (C=O) groups is 1. The van der Waals surface area contributed by atoms with Crippen LogP contribution in [-0.2, 0) is 4.74 Å². The second kappa shape index (κ2) is 7.21. The molecule has 5 heteroatoms. The molecule has 0 saturated carbocycles. The number of ether oxygens (including phenoxy) is 1. The summed E-state index contributed by atoms with van der Waals surface area (Å²) in [4.78, 5) is 16.0. The zero-order chi connectivity index (χ0) is 13.5. The molecule has 1 aromatic rings.